The molecule has 2 aromatic carbocycles. The van der Waals surface area contributed by atoms with Gasteiger partial charge in [-0.05, 0) is 64.1 Å². The summed E-state index contributed by atoms with van der Waals surface area (Å²) in [7, 11) is 0. The molecule has 2 atom stereocenters. The van der Waals surface area contributed by atoms with Gasteiger partial charge in [0.05, 0.1) is 0 Å². The van der Waals surface area contributed by atoms with E-state index in [0.29, 0.717) is 5.92 Å². The molecule has 1 aliphatic carbocycles. The summed E-state index contributed by atoms with van der Waals surface area (Å²) in [5.41, 5.74) is 9.94. The van der Waals surface area contributed by atoms with Gasteiger partial charge in [-0.25, -0.2) is 0 Å². The summed E-state index contributed by atoms with van der Waals surface area (Å²) in [6.45, 7) is 19.5. The van der Waals surface area contributed by atoms with E-state index < -0.39 is 0 Å². The molecule has 0 aromatic heterocycles. The highest BCUT2D eigenvalue weighted by Gasteiger charge is 2.16. The molecule has 0 radical (unpaired) electrons. The van der Waals surface area contributed by atoms with E-state index in [1.807, 2.05) is 6.08 Å². The van der Waals surface area contributed by atoms with E-state index in [9.17, 15) is 0 Å². The van der Waals surface area contributed by atoms with E-state index in [1.165, 1.54) is 39.0 Å². The highest BCUT2D eigenvalue weighted by Crippen LogP contribution is 2.35. The zero-order valence-electron chi connectivity index (χ0n) is 20.6. The van der Waals surface area contributed by atoms with E-state index in [0.717, 1.165) is 31.3 Å². The van der Waals surface area contributed by atoms with E-state index in [1.54, 1.807) is 0 Å². The quantitative estimate of drug-likeness (QED) is 0.345. The van der Waals surface area contributed by atoms with Crippen LogP contribution in [0.25, 0.3) is 17.7 Å². The monoisotopic (exact) mass is 434 g/mol. The van der Waals surface area contributed by atoms with Gasteiger partial charge in [0.1, 0.15) is 0 Å². The first-order chi connectivity index (χ1) is 16.0. The first-order valence-corrected chi connectivity index (χ1v) is 12.3. The molecule has 0 heteroatoms. The predicted octanol–water partition coefficient (Wildman–Crippen LogP) is 9.58. The third-order valence-corrected chi connectivity index (χ3v) is 6.75. The van der Waals surface area contributed by atoms with Crippen molar-refractivity contribution in [1.82, 2.24) is 0 Å². The van der Waals surface area contributed by atoms with E-state index in [-0.39, 0.29) is 5.92 Å². The Morgan fingerprint density at radius 3 is 2.61 bits per heavy atom. The molecule has 0 N–H and O–H groups in total. The summed E-state index contributed by atoms with van der Waals surface area (Å²) in [6, 6.07) is 15.3. The van der Waals surface area contributed by atoms with Crippen molar-refractivity contribution in [3.63, 3.8) is 0 Å². The second-order valence-electron chi connectivity index (χ2n) is 9.03. The first kappa shape index (κ1) is 24.5. The Hall–Kier alpha value is -3.12. The Morgan fingerprint density at radius 2 is 1.88 bits per heavy atom. The minimum Gasteiger partial charge on any atom is -0.0990 e. The van der Waals surface area contributed by atoms with Crippen LogP contribution in [0.3, 0.4) is 0 Å². The third kappa shape index (κ3) is 6.02. The van der Waals surface area contributed by atoms with Crippen molar-refractivity contribution in [3.8, 4) is 0 Å². The maximum absolute atomic E-state index is 4.57. The molecule has 0 saturated carbocycles. The maximum atomic E-state index is 4.57. The number of hydrogen-bond donors (Lipinski definition) is 0. The largest absolute Gasteiger partial charge is 0.0990 e. The molecular formula is C33H38. The van der Waals surface area contributed by atoms with Crippen molar-refractivity contribution in [2.24, 2.45) is 5.92 Å². The van der Waals surface area contributed by atoms with Crippen LogP contribution in [-0.4, -0.2) is 0 Å². The molecule has 2 aromatic rings. The Kier molecular flexibility index (Phi) is 8.66. The molecule has 0 nitrogen and oxygen atoms in total. The summed E-state index contributed by atoms with van der Waals surface area (Å²) in [5.74, 6) is 0.676. The summed E-state index contributed by atoms with van der Waals surface area (Å²) in [5, 5.41) is 0. The average Bonchev–Trinajstić information content (AvgIpc) is 3.03. The van der Waals surface area contributed by atoms with Gasteiger partial charge < -0.3 is 0 Å². The summed E-state index contributed by atoms with van der Waals surface area (Å²) < 4.78 is 0. The van der Waals surface area contributed by atoms with Crippen LogP contribution in [0.15, 0.2) is 97.7 Å². The highest BCUT2D eigenvalue weighted by molar-refractivity contribution is 5.78. The Bertz CT molecular complexity index is 1100. The molecule has 0 bridgehead atoms. The molecule has 0 fully saturated rings. The highest BCUT2D eigenvalue weighted by atomic mass is 14.2. The molecule has 1 aliphatic rings. The van der Waals surface area contributed by atoms with Gasteiger partial charge in [0.2, 0.25) is 0 Å². The van der Waals surface area contributed by atoms with Crippen LogP contribution >= 0.6 is 0 Å². The zero-order chi connectivity index (χ0) is 23.8. The van der Waals surface area contributed by atoms with Gasteiger partial charge in [0.15, 0.2) is 0 Å². The van der Waals surface area contributed by atoms with Crippen molar-refractivity contribution in [1.29, 1.82) is 0 Å². The van der Waals surface area contributed by atoms with Gasteiger partial charge >= 0.3 is 0 Å². The standard InChI is InChI=1S/C33H38/c1-7-12-28-19-22-31(21-18-27-16-15-24(4)29(8-2)20-17-27)33(23-28)26(6)25(5)32-14-11-10-13-30(32)9-3/h9-11,13-14,16-23,25,29H,3-4,6-8,12,15H2,1-2,5H3. The molecule has 33 heavy (non-hydrogen) atoms. The topological polar surface area (TPSA) is 0 Å². The second-order valence-corrected chi connectivity index (χ2v) is 9.03. The molecule has 0 amide bonds. The zero-order valence-corrected chi connectivity index (χ0v) is 20.6. The fraction of sp³-hybridized carbons (Fsp3) is 0.273. The van der Waals surface area contributed by atoms with Crippen molar-refractivity contribution < 1.29 is 0 Å². The molecule has 0 aliphatic heterocycles. The molecule has 3 rings (SSSR count). The lowest BCUT2D eigenvalue weighted by Gasteiger charge is -2.20. The lowest BCUT2D eigenvalue weighted by Crippen LogP contribution is -2.02. The van der Waals surface area contributed by atoms with Crippen molar-refractivity contribution in [3.05, 3.63) is 125 Å². The fourth-order valence-electron chi connectivity index (χ4n) is 4.55. The minimum atomic E-state index is 0.203. The fourth-order valence-corrected chi connectivity index (χ4v) is 4.55. The lowest BCUT2D eigenvalue weighted by atomic mass is 9.84. The summed E-state index contributed by atoms with van der Waals surface area (Å²) >= 11 is 0. The number of hydrogen-bond acceptors (Lipinski definition) is 0. The van der Waals surface area contributed by atoms with Gasteiger partial charge in [-0.15, -0.1) is 0 Å². The van der Waals surface area contributed by atoms with Crippen molar-refractivity contribution in [2.75, 3.05) is 0 Å². The smallest absolute Gasteiger partial charge is 0.00672 e. The predicted molar refractivity (Wildman–Crippen MR) is 148 cm³/mol. The van der Waals surface area contributed by atoms with Crippen LogP contribution in [-0.2, 0) is 6.42 Å². The lowest BCUT2D eigenvalue weighted by molar-refractivity contribution is 0.717. The van der Waals surface area contributed by atoms with Crippen LogP contribution in [0.4, 0.5) is 0 Å². The Balaban J connectivity index is 1.96. The molecule has 0 spiro atoms. The summed E-state index contributed by atoms with van der Waals surface area (Å²) in [4.78, 5) is 0. The molecule has 170 valence electrons. The summed E-state index contributed by atoms with van der Waals surface area (Å²) in [6.07, 6.45) is 17.5. The Labute approximate surface area is 201 Å². The number of benzene rings is 2. The maximum Gasteiger partial charge on any atom is 0.00672 e. The minimum absolute atomic E-state index is 0.203. The Morgan fingerprint density at radius 1 is 1.09 bits per heavy atom. The number of rotatable bonds is 9. The number of aryl methyl sites for hydroxylation is 1. The van der Waals surface area contributed by atoms with Gasteiger partial charge in [-0.3, -0.25) is 0 Å². The average molecular weight is 435 g/mol. The molecule has 0 saturated heterocycles. The van der Waals surface area contributed by atoms with Crippen LogP contribution in [0.1, 0.15) is 73.8 Å². The van der Waals surface area contributed by atoms with E-state index in [2.05, 4.69) is 113 Å². The van der Waals surface area contributed by atoms with Gasteiger partial charge in [-0.1, -0.05) is 131 Å². The normalized spacial score (nSPS) is 17.0. The van der Waals surface area contributed by atoms with Crippen LogP contribution < -0.4 is 0 Å². The number of allylic oxidation sites excluding steroid dienone is 7. The van der Waals surface area contributed by atoms with Gasteiger partial charge in [0.25, 0.3) is 0 Å². The third-order valence-electron chi connectivity index (χ3n) is 6.75. The van der Waals surface area contributed by atoms with Crippen molar-refractivity contribution >= 4 is 17.7 Å². The van der Waals surface area contributed by atoms with Crippen LogP contribution in [0, 0.1) is 5.92 Å². The van der Waals surface area contributed by atoms with Gasteiger partial charge in [0, 0.05) is 5.92 Å². The van der Waals surface area contributed by atoms with E-state index in [4.69, 9.17) is 0 Å². The molecule has 2 unspecified atom stereocenters. The van der Waals surface area contributed by atoms with Crippen molar-refractivity contribution in [2.45, 2.75) is 52.4 Å². The van der Waals surface area contributed by atoms with Gasteiger partial charge in [-0.2, -0.15) is 0 Å². The SMILES string of the molecule is C=Cc1ccccc1C(C)C(=C)c1cc(CCC)ccc1C=CC1=CCC(=C)C(CC)C=C1. The van der Waals surface area contributed by atoms with Crippen LogP contribution in [0.5, 0.6) is 0 Å². The second kappa shape index (κ2) is 11.7. The molecule has 0 heterocycles. The van der Waals surface area contributed by atoms with Crippen LogP contribution in [0.2, 0.25) is 0 Å². The molecular weight excluding hydrogens is 396 g/mol. The first-order valence-electron chi connectivity index (χ1n) is 12.3. The van der Waals surface area contributed by atoms with E-state index >= 15 is 0 Å².